The van der Waals surface area contributed by atoms with Gasteiger partial charge in [-0.2, -0.15) is 0 Å². The van der Waals surface area contributed by atoms with Gasteiger partial charge in [-0.15, -0.1) is 0 Å². The number of nitrogens with zero attached hydrogens (tertiary/aromatic N) is 1. The molecule has 7 nitrogen and oxygen atoms in total. The molecule has 0 bridgehead atoms. The molecule has 7 heteroatoms. The van der Waals surface area contributed by atoms with Gasteiger partial charge in [0.15, 0.2) is 0 Å². The monoisotopic (exact) mass is 210 g/mol. The minimum atomic E-state index is -0.704. The molecule has 80 valence electrons. The molecule has 3 amide bonds. The lowest BCUT2D eigenvalue weighted by Crippen LogP contribution is -2.31. The molecule has 2 fully saturated rings. The summed E-state index contributed by atoms with van der Waals surface area (Å²) in [5.41, 5.74) is 0. The van der Waals surface area contributed by atoms with Gasteiger partial charge in [0.2, 0.25) is 11.9 Å². The Morgan fingerprint density at radius 2 is 1.87 bits per heavy atom. The van der Waals surface area contributed by atoms with Gasteiger partial charge in [0.05, 0.1) is 6.54 Å². The van der Waals surface area contributed by atoms with E-state index >= 15 is 0 Å². The third kappa shape index (κ3) is 2.12. The molecule has 1 atom stereocenters. The zero-order chi connectivity index (χ0) is 10.8. The van der Waals surface area contributed by atoms with Crippen LogP contribution >= 0.6 is 0 Å². The van der Waals surface area contributed by atoms with E-state index in [-0.39, 0.29) is 17.9 Å². The van der Waals surface area contributed by atoms with Crippen LogP contribution in [0.3, 0.4) is 0 Å². The Balaban J connectivity index is 1.87. The number of guanidine groups is 1. The zero-order valence-corrected chi connectivity index (χ0v) is 7.87. The molecule has 2 heterocycles. The van der Waals surface area contributed by atoms with Crippen LogP contribution in [0.5, 0.6) is 0 Å². The molecule has 2 aliphatic rings. The SMILES string of the molecule is O=C1CCC(CN=C2NC(=O)C(=O)N2)N1. The Labute approximate surface area is 85.3 Å². The van der Waals surface area contributed by atoms with Crippen molar-refractivity contribution >= 4 is 23.7 Å². The van der Waals surface area contributed by atoms with Gasteiger partial charge in [-0.25, -0.2) is 0 Å². The second-order valence-corrected chi connectivity index (χ2v) is 3.40. The van der Waals surface area contributed by atoms with Crippen molar-refractivity contribution in [2.75, 3.05) is 6.54 Å². The average molecular weight is 210 g/mol. The fraction of sp³-hybridized carbons (Fsp3) is 0.500. The highest BCUT2D eigenvalue weighted by atomic mass is 16.2. The summed E-state index contributed by atoms with van der Waals surface area (Å²) in [4.78, 5) is 36.4. The summed E-state index contributed by atoms with van der Waals surface area (Å²) in [5, 5.41) is 7.28. The van der Waals surface area contributed by atoms with Gasteiger partial charge in [0.1, 0.15) is 0 Å². The molecule has 2 saturated heterocycles. The fourth-order valence-electron chi connectivity index (χ4n) is 1.45. The third-order valence-electron chi connectivity index (χ3n) is 2.22. The van der Waals surface area contributed by atoms with E-state index in [1.807, 2.05) is 0 Å². The van der Waals surface area contributed by atoms with Gasteiger partial charge in [0.25, 0.3) is 0 Å². The zero-order valence-electron chi connectivity index (χ0n) is 7.87. The Morgan fingerprint density at radius 1 is 1.20 bits per heavy atom. The van der Waals surface area contributed by atoms with Crippen molar-refractivity contribution in [1.82, 2.24) is 16.0 Å². The Morgan fingerprint density at radius 3 is 2.40 bits per heavy atom. The first kappa shape index (κ1) is 9.63. The number of aliphatic imine (C=N–C) groups is 1. The van der Waals surface area contributed by atoms with Crippen molar-refractivity contribution in [3.8, 4) is 0 Å². The quantitative estimate of drug-likeness (QED) is 0.454. The molecule has 0 spiro atoms. The minimum Gasteiger partial charge on any atom is -0.351 e. The molecule has 1 unspecified atom stereocenters. The number of rotatable bonds is 2. The number of hydrogen-bond acceptors (Lipinski definition) is 4. The topological polar surface area (TPSA) is 99.7 Å². The van der Waals surface area contributed by atoms with E-state index in [1.165, 1.54) is 0 Å². The molecule has 0 aliphatic carbocycles. The van der Waals surface area contributed by atoms with Gasteiger partial charge in [-0.05, 0) is 6.42 Å². The van der Waals surface area contributed by atoms with Crippen LogP contribution in [0.2, 0.25) is 0 Å². The summed E-state index contributed by atoms with van der Waals surface area (Å²) in [6.45, 7) is 0.363. The molecule has 2 aliphatic heterocycles. The summed E-state index contributed by atoms with van der Waals surface area (Å²) in [6.07, 6.45) is 1.24. The molecular weight excluding hydrogens is 200 g/mol. The second kappa shape index (κ2) is 3.68. The van der Waals surface area contributed by atoms with Crippen molar-refractivity contribution in [3.05, 3.63) is 0 Å². The Kier molecular flexibility index (Phi) is 2.36. The summed E-state index contributed by atoms with van der Waals surface area (Å²) in [5.74, 6) is -1.24. The van der Waals surface area contributed by atoms with Crippen LogP contribution in [0.15, 0.2) is 4.99 Å². The summed E-state index contributed by atoms with van der Waals surface area (Å²) < 4.78 is 0. The fourth-order valence-corrected chi connectivity index (χ4v) is 1.45. The molecule has 0 aromatic carbocycles. The minimum absolute atomic E-state index is 0.000552. The van der Waals surface area contributed by atoms with Crippen LogP contribution in [0.1, 0.15) is 12.8 Å². The van der Waals surface area contributed by atoms with Crippen molar-refractivity contribution in [2.45, 2.75) is 18.9 Å². The lowest BCUT2D eigenvalue weighted by Gasteiger charge is -2.05. The summed E-state index contributed by atoms with van der Waals surface area (Å²) in [6, 6.07) is -0.000552. The van der Waals surface area contributed by atoms with Crippen molar-refractivity contribution in [2.24, 2.45) is 4.99 Å². The maximum absolute atomic E-state index is 10.9. The van der Waals surface area contributed by atoms with E-state index < -0.39 is 11.8 Å². The van der Waals surface area contributed by atoms with Crippen LogP contribution in [0.25, 0.3) is 0 Å². The lowest BCUT2D eigenvalue weighted by atomic mass is 10.2. The van der Waals surface area contributed by atoms with Crippen molar-refractivity contribution in [1.29, 1.82) is 0 Å². The van der Waals surface area contributed by atoms with Crippen molar-refractivity contribution < 1.29 is 14.4 Å². The largest absolute Gasteiger partial charge is 0.351 e. The lowest BCUT2D eigenvalue weighted by molar-refractivity contribution is -0.135. The molecule has 0 aromatic rings. The molecule has 15 heavy (non-hydrogen) atoms. The van der Waals surface area contributed by atoms with Gasteiger partial charge < -0.3 is 5.32 Å². The highest BCUT2D eigenvalue weighted by molar-refractivity contribution is 6.45. The standard InChI is InChI=1S/C8H10N4O3/c13-5-2-1-4(10-5)3-9-8-11-6(14)7(15)12-8/h4H,1-3H2,(H,10,13)(H2,9,11,12,14,15). The van der Waals surface area contributed by atoms with Crippen molar-refractivity contribution in [3.63, 3.8) is 0 Å². The molecule has 2 rings (SSSR count). The first-order valence-electron chi connectivity index (χ1n) is 4.61. The van der Waals surface area contributed by atoms with Gasteiger partial charge in [-0.1, -0.05) is 0 Å². The van der Waals surface area contributed by atoms with Crippen LogP contribution in [-0.2, 0) is 14.4 Å². The van der Waals surface area contributed by atoms with Gasteiger partial charge >= 0.3 is 11.8 Å². The van der Waals surface area contributed by atoms with E-state index in [0.29, 0.717) is 13.0 Å². The number of amides is 3. The number of carbonyl (C=O) groups is 3. The van der Waals surface area contributed by atoms with Gasteiger partial charge in [-0.3, -0.25) is 30.0 Å². The highest BCUT2D eigenvalue weighted by Crippen LogP contribution is 2.06. The second-order valence-electron chi connectivity index (χ2n) is 3.40. The summed E-state index contributed by atoms with van der Waals surface area (Å²) >= 11 is 0. The first-order valence-corrected chi connectivity index (χ1v) is 4.61. The third-order valence-corrected chi connectivity index (χ3v) is 2.22. The molecule has 0 aromatic heterocycles. The molecule has 0 saturated carbocycles. The summed E-state index contributed by atoms with van der Waals surface area (Å²) in [7, 11) is 0. The smallest absolute Gasteiger partial charge is 0.316 e. The normalized spacial score (nSPS) is 24.9. The number of carbonyl (C=O) groups excluding carboxylic acids is 3. The highest BCUT2D eigenvalue weighted by Gasteiger charge is 2.26. The average Bonchev–Trinajstić information content (AvgIpc) is 2.72. The van der Waals surface area contributed by atoms with E-state index in [0.717, 1.165) is 6.42 Å². The Hall–Kier alpha value is -1.92. The van der Waals surface area contributed by atoms with Crippen LogP contribution < -0.4 is 16.0 Å². The van der Waals surface area contributed by atoms with E-state index in [9.17, 15) is 14.4 Å². The maximum atomic E-state index is 10.9. The predicted molar refractivity (Wildman–Crippen MR) is 49.8 cm³/mol. The number of nitrogens with one attached hydrogen (secondary N) is 3. The van der Waals surface area contributed by atoms with E-state index in [4.69, 9.17) is 0 Å². The van der Waals surface area contributed by atoms with Crippen LogP contribution in [0.4, 0.5) is 0 Å². The maximum Gasteiger partial charge on any atom is 0.316 e. The molecular formula is C8H10N4O3. The van der Waals surface area contributed by atoms with E-state index in [1.54, 1.807) is 0 Å². The predicted octanol–water partition coefficient (Wildman–Crippen LogP) is -2.13. The van der Waals surface area contributed by atoms with E-state index in [2.05, 4.69) is 20.9 Å². The first-order chi connectivity index (χ1) is 7.15. The van der Waals surface area contributed by atoms with Crippen LogP contribution in [0, 0.1) is 0 Å². The molecule has 0 radical (unpaired) electrons. The van der Waals surface area contributed by atoms with Gasteiger partial charge in [0, 0.05) is 12.5 Å². The van der Waals surface area contributed by atoms with Crippen LogP contribution in [-0.4, -0.2) is 36.3 Å². The Bertz CT molecular complexity index is 345. The molecule has 3 N–H and O–H groups in total. The number of hydrogen-bond donors (Lipinski definition) is 3.